The highest BCUT2D eigenvalue weighted by Gasteiger charge is 2.19. The number of hydrogen-bond acceptors (Lipinski definition) is 4. The number of hydrogen-bond donors (Lipinski definition) is 2. The molecule has 0 aliphatic rings. The van der Waals surface area contributed by atoms with Crippen molar-refractivity contribution < 1.29 is 14.3 Å². The van der Waals surface area contributed by atoms with Crippen LogP contribution in [-0.2, 0) is 11.2 Å². The normalized spacial score (nSPS) is 14.7. The van der Waals surface area contributed by atoms with E-state index in [1.165, 1.54) is 0 Å². The predicted molar refractivity (Wildman–Crippen MR) is 92.9 cm³/mol. The summed E-state index contributed by atoms with van der Waals surface area (Å²) in [6.45, 7) is 6.75. The van der Waals surface area contributed by atoms with Crippen molar-refractivity contribution in [3.63, 3.8) is 0 Å². The molecule has 23 heavy (non-hydrogen) atoms. The molecular formula is C18H30N2O3. The molecule has 5 nitrogen and oxygen atoms in total. The quantitative estimate of drug-likeness (QED) is 0.732. The summed E-state index contributed by atoms with van der Waals surface area (Å²) in [5.74, 6) is 1.87. The van der Waals surface area contributed by atoms with E-state index in [9.17, 15) is 4.79 Å². The summed E-state index contributed by atoms with van der Waals surface area (Å²) in [6, 6.07) is 5.46. The summed E-state index contributed by atoms with van der Waals surface area (Å²) in [4.78, 5) is 12.0. The molecule has 1 aromatic carbocycles. The predicted octanol–water partition coefficient (Wildman–Crippen LogP) is 2.37. The van der Waals surface area contributed by atoms with Gasteiger partial charge in [0.1, 0.15) is 0 Å². The van der Waals surface area contributed by atoms with Crippen molar-refractivity contribution in [1.29, 1.82) is 0 Å². The van der Waals surface area contributed by atoms with E-state index in [4.69, 9.17) is 15.2 Å². The minimum atomic E-state index is -0.437. The Balaban J connectivity index is 2.54. The van der Waals surface area contributed by atoms with E-state index in [0.717, 1.165) is 29.9 Å². The van der Waals surface area contributed by atoms with Gasteiger partial charge in [0.2, 0.25) is 5.91 Å². The Kier molecular flexibility index (Phi) is 7.89. The number of rotatable bonds is 9. The van der Waals surface area contributed by atoms with Gasteiger partial charge >= 0.3 is 0 Å². The molecule has 130 valence electrons. The van der Waals surface area contributed by atoms with Crippen molar-refractivity contribution in [2.75, 3.05) is 20.8 Å². The largest absolute Gasteiger partial charge is 0.493 e. The monoisotopic (exact) mass is 322 g/mol. The Morgan fingerprint density at radius 3 is 2.43 bits per heavy atom. The van der Waals surface area contributed by atoms with Crippen LogP contribution in [0.15, 0.2) is 18.2 Å². The molecule has 1 aromatic rings. The summed E-state index contributed by atoms with van der Waals surface area (Å²) >= 11 is 0. The van der Waals surface area contributed by atoms with Gasteiger partial charge in [-0.2, -0.15) is 0 Å². The summed E-state index contributed by atoms with van der Waals surface area (Å²) in [7, 11) is 3.25. The van der Waals surface area contributed by atoms with Crippen LogP contribution in [0.5, 0.6) is 11.5 Å². The fourth-order valence-corrected chi connectivity index (χ4v) is 2.39. The molecule has 0 aliphatic heterocycles. The van der Waals surface area contributed by atoms with E-state index in [0.29, 0.717) is 12.5 Å². The SMILES string of the molecule is CCC(C)C(N)C(=O)NCC(C)Cc1ccc(OC)c(OC)c1. The molecule has 0 bridgehead atoms. The molecule has 0 radical (unpaired) electrons. The fourth-order valence-electron chi connectivity index (χ4n) is 2.39. The van der Waals surface area contributed by atoms with E-state index in [-0.39, 0.29) is 11.8 Å². The minimum Gasteiger partial charge on any atom is -0.493 e. The highest BCUT2D eigenvalue weighted by Crippen LogP contribution is 2.28. The van der Waals surface area contributed by atoms with Crippen LogP contribution in [0.1, 0.15) is 32.8 Å². The van der Waals surface area contributed by atoms with Crippen molar-refractivity contribution in [1.82, 2.24) is 5.32 Å². The van der Waals surface area contributed by atoms with Gasteiger partial charge in [0.05, 0.1) is 20.3 Å². The maximum atomic E-state index is 12.0. The van der Waals surface area contributed by atoms with Crippen molar-refractivity contribution in [3.05, 3.63) is 23.8 Å². The van der Waals surface area contributed by atoms with Crippen LogP contribution in [0.25, 0.3) is 0 Å². The minimum absolute atomic E-state index is 0.0708. The number of ether oxygens (including phenoxy) is 2. The first-order chi connectivity index (χ1) is 10.9. The van der Waals surface area contributed by atoms with Crippen LogP contribution in [0.3, 0.4) is 0 Å². The molecule has 0 spiro atoms. The average molecular weight is 322 g/mol. The molecule has 3 N–H and O–H groups in total. The van der Waals surface area contributed by atoms with Crippen molar-refractivity contribution in [3.8, 4) is 11.5 Å². The Labute approximate surface area is 139 Å². The van der Waals surface area contributed by atoms with Crippen LogP contribution in [0.4, 0.5) is 0 Å². The topological polar surface area (TPSA) is 73.6 Å². The molecule has 5 heteroatoms. The maximum Gasteiger partial charge on any atom is 0.237 e. The molecule has 0 saturated heterocycles. The van der Waals surface area contributed by atoms with Gasteiger partial charge in [0.25, 0.3) is 0 Å². The van der Waals surface area contributed by atoms with Gasteiger partial charge in [0, 0.05) is 6.54 Å². The number of methoxy groups -OCH3 is 2. The van der Waals surface area contributed by atoms with E-state index >= 15 is 0 Å². The number of carbonyl (C=O) groups excluding carboxylic acids is 1. The smallest absolute Gasteiger partial charge is 0.237 e. The number of nitrogens with one attached hydrogen (secondary N) is 1. The highest BCUT2D eigenvalue weighted by molar-refractivity contribution is 5.81. The van der Waals surface area contributed by atoms with E-state index < -0.39 is 6.04 Å². The van der Waals surface area contributed by atoms with Crippen molar-refractivity contribution >= 4 is 5.91 Å². The molecule has 0 aliphatic carbocycles. The number of amides is 1. The first kappa shape index (κ1) is 19.3. The van der Waals surface area contributed by atoms with Crippen molar-refractivity contribution in [2.45, 2.75) is 39.7 Å². The number of carbonyl (C=O) groups is 1. The molecule has 0 heterocycles. The van der Waals surface area contributed by atoms with E-state index in [1.54, 1.807) is 14.2 Å². The van der Waals surface area contributed by atoms with Gasteiger partial charge in [-0.05, 0) is 36.0 Å². The Bertz CT molecular complexity index is 505. The zero-order valence-electron chi connectivity index (χ0n) is 14.9. The zero-order valence-corrected chi connectivity index (χ0v) is 14.9. The van der Waals surface area contributed by atoms with Crippen LogP contribution >= 0.6 is 0 Å². The maximum absolute atomic E-state index is 12.0. The lowest BCUT2D eigenvalue weighted by atomic mass is 9.98. The summed E-state index contributed by atoms with van der Waals surface area (Å²) in [5, 5.41) is 2.95. The molecular weight excluding hydrogens is 292 g/mol. The number of benzene rings is 1. The van der Waals surface area contributed by atoms with Crippen LogP contribution in [-0.4, -0.2) is 32.7 Å². The third-order valence-corrected chi connectivity index (χ3v) is 4.22. The van der Waals surface area contributed by atoms with Gasteiger partial charge in [-0.25, -0.2) is 0 Å². The highest BCUT2D eigenvalue weighted by atomic mass is 16.5. The molecule has 1 amide bonds. The fraction of sp³-hybridized carbons (Fsp3) is 0.611. The average Bonchev–Trinajstić information content (AvgIpc) is 2.57. The van der Waals surface area contributed by atoms with Gasteiger partial charge in [-0.15, -0.1) is 0 Å². The van der Waals surface area contributed by atoms with Gasteiger partial charge in [-0.3, -0.25) is 4.79 Å². The molecule has 3 unspecified atom stereocenters. The second-order valence-electron chi connectivity index (χ2n) is 6.16. The molecule has 1 rings (SSSR count). The Morgan fingerprint density at radius 1 is 1.22 bits per heavy atom. The lowest BCUT2D eigenvalue weighted by Crippen LogP contribution is -2.45. The summed E-state index contributed by atoms with van der Waals surface area (Å²) < 4.78 is 10.6. The van der Waals surface area contributed by atoms with Crippen LogP contribution < -0.4 is 20.5 Å². The third-order valence-electron chi connectivity index (χ3n) is 4.22. The third kappa shape index (κ3) is 5.75. The lowest BCUT2D eigenvalue weighted by Gasteiger charge is -2.20. The first-order valence-electron chi connectivity index (χ1n) is 8.17. The molecule has 0 saturated carbocycles. The molecule has 0 aromatic heterocycles. The lowest BCUT2D eigenvalue weighted by molar-refractivity contribution is -0.123. The standard InChI is InChI=1S/C18H30N2O3/c1-6-13(3)17(19)18(21)20-11-12(2)9-14-7-8-15(22-4)16(10-14)23-5/h7-8,10,12-13,17H,6,9,11,19H2,1-5H3,(H,20,21). The second-order valence-corrected chi connectivity index (χ2v) is 6.16. The summed E-state index contributed by atoms with van der Waals surface area (Å²) in [6.07, 6.45) is 1.75. The van der Waals surface area contributed by atoms with Crippen LogP contribution in [0, 0.1) is 11.8 Å². The number of nitrogens with two attached hydrogens (primary N) is 1. The van der Waals surface area contributed by atoms with Gasteiger partial charge in [0.15, 0.2) is 11.5 Å². The Morgan fingerprint density at radius 2 is 1.87 bits per heavy atom. The first-order valence-corrected chi connectivity index (χ1v) is 8.17. The van der Waals surface area contributed by atoms with Gasteiger partial charge in [-0.1, -0.05) is 33.3 Å². The molecule has 3 atom stereocenters. The van der Waals surface area contributed by atoms with E-state index in [2.05, 4.69) is 12.2 Å². The van der Waals surface area contributed by atoms with E-state index in [1.807, 2.05) is 32.0 Å². The Hall–Kier alpha value is -1.75. The second kappa shape index (κ2) is 9.40. The molecule has 0 fully saturated rings. The van der Waals surface area contributed by atoms with Crippen molar-refractivity contribution in [2.24, 2.45) is 17.6 Å². The zero-order chi connectivity index (χ0) is 17.4. The van der Waals surface area contributed by atoms with Crippen LogP contribution in [0.2, 0.25) is 0 Å². The summed E-state index contributed by atoms with van der Waals surface area (Å²) in [5.41, 5.74) is 7.09. The van der Waals surface area contributed by atoms with Gasteiger partial charge < -0.3 is 20.5 Å².